The lowest BCUT2D eigenvalue weighted by molar-refractivity contribution is 0.0592. The van der Waals surface area contributed by atoms with E-state index in [2.05, 4.69) is 9.72 Å². The molecule has 0 aliphatic carbocycles. The van der Waals surface area contributed by atoms with Gasteiger partial charge >= 0.3 is 11.9 Å². The maximum Gasteiger partial charge on any atom is 0.356 e. The summed E-state index contributed by atoms with van der Waals surface area (Å²) in [5.41, 5.74) is -0.355. The van der Waals surface area contributed by atoms with Crippen molar-refractivity contribution in [3.05, 3.63) is 23.5 Å². The largest absolute Gasteiger partial charge is 0.491 e. The molecule has 0 saturated heterocycles. The summed E-state index contributed by atoms with van der Waals surface area (Å²) >= 11 is 0. The quantitative estimate of drug-likeness (QED) is 0.798. The maximum absolute atomic E-state index is 11.3. The van der Waals surface area contributed by atoms with Crippen LogP contribution in [0.5, 0.6) is 5.75 Å². The standard InChI is InChI=1S/C11H13NO5/c1-6(2)17-7-4-8(10(13)14)12-9(5-7)11(15)16-3/h4-6H,1-3H3,(H,13,14). The van der Waals surface area contributed by atoms with E-state index in [0.717, 1.165) is 0 Å². The smallest absolute Gasteiger partial charge is 0.356 e. The number of carbonyl (C=O) groups excluding carboxylic acids is 1. The number of methoxy groups -OCH3 is 1. The third-order valence-corrected chi connectivity index (χ3v) is 1.78. The van der Waals surface area contributed by atoms with Crippen molar-refractivity contribution in [1.82, 2.24) is 4.98 Å². The van der Waals surface area contributed by atoms with Gasteiger partial charge < -0.3 is 14.6 Å². The van der Waals surface area contributed by atoms with Gasteiger partial charge in [0.05, 0.1) is 13.2 Å². The van der Waals surface area contributed by atoms with Crippen molar-refractivity contribution in [2.75, 3.05) is 7.11 Å². The summed E-state index contributed by atoms with van der Waals surface area (Å²) in [6.07, 6.45) is -0.135. The molecule has 1 N–H and O–H groups in total. The molecule has 0 aliphatic rings. The third kappa shape index (κ3) is 3.44. The Morgan fingerprint density at radius 3 is 2.35 bits per heavy atom. The maximum atomic E-state index is 11.3. The first kappa shape index (κ1) is 13.0. The van der Waals surface area contributed by atoms with Gasteiger partial charge in [-0.1, -0.05) is 0 Å². The van der Waals surface area contributed by atoms with Crippen molar-refractivity contribution in [2.24, 2.45) is 0 Å². The lowest BCUT2D eigenvalue weighted by Gasteiger charge is -2.11. The van der Waals surface area contributed by atoms with Gasteiger partial charge in [-0.05, 0) is 13.8 Å². The van der Waals surface area contributed by atoms with Crippen LogP contribution in [-0.2, 0) is 4.74 Å². The average molecular weight is 239 g/mol. The van der Waals surface area contributed by atoms with Crippen molar-refractivity contribution in [3.8, 4) is 5.75 Å². The number of aromatic nitrogens is 1. The van der Waals surface area contributed by atoms with Crippen LogP contribution in [0.1, 0.15) is 34.8 Å². The summed E-state index contributed by atoms with van der Waals surface area (Å²) in [4.78, 5) is 25.8. The number of carboxylic acids is 1. The van der Waals surface area contributed by atoms with E-state index in [9.17, 15) is 9.59 Å². The van der Waals surface area contributed by atoms with Gasteiger partial charge in [0.1, 0.15) is 5.75 Å². The summed E-state index contributed by atoms with van der Waals surface area (Å²) in [5, 5.41) is 8.85. The van der Waals surface area contributed by atoms with Gasteiger partial charge in [-0.25, -0.2) is 14.6 Å². The van der Waals surface area contributed by atoms with Crippen LogP contribution >= 0.6 is 0 Å². The number of ether oxygens (including phenoxy) is 2. The fourth-order valence-electron chi connectivity index (χ4n) is 1.16. The number of hydrogen-bond acceptors (Lipinski definition) is 5. The molecular weight excluding hydrogens is 226 g/mol. The van der Waals surface area contributed by atoms with E-state index in [1.54, 1.807) is 13.8 Å². The first-order chi connectivity index (χ1) is 7.93. The summed E-state index contributed by atoms with van der Waals surface area (Å²) in [7, 11) is 1.19. The Hall–Kier alpha value is -2.11. The number of hydrogen-bond donors (Lipinski definition) is 1. The van der Waals surface area contributed by atoms with Crippen molar-refractivity contribution in [1.29, 1.82) is 0 Å². The molecule has 0 aromatic carbocycles. The summed E-state index contributed by atoms with van der Waals surface area (Å²) in [6, 6.07) is 2.60. The van der Waals surface area contributed by atoms with Crippen LogP contribution in [0.15, 0.2) is 12.1 Å². The second kappa shape index (κ2) is 5.29. The zero-order chi connectivity index (χ0) is 13.0. The van der Waals surface area contributed by atoms with Crippen molar-refractivity contribution >= 4 is 11.9 Å². The predicted molar refractivity (Wildman–Crippen MR) is 58.3 cm³/mol. The highest BCUT2D eigenvalue weighted by atomic mass is 16.5. The van der Waals surface area contributed by atoms with Gasteiger partial charge in [0.25, 0.3) is 0 Å². The minimum absolute atomic E-state index is 0.0944. The van der Waals surface area contributed by atoms with Gasteiger partial charge in [0.2, 0.25) is 0 Å². The number of carbonyl (C=O) groups is 2. The molecule has 0 atom stereocenters. The van der Waals surface area contributed by atoms with E-state index < -0.39 is 11.9 Å². The third-order valence-electron chi connectivity index (χ3n) is 1.78. The van der Waals surface area contributed by atoms with Crippen LogP contribution in [0, 0.1) is 0 Å². The van der Waals surface area contributed by atoms with Gasteiger partial charge in [0.15, 0.2) is 11.4 Å². The molecule has 0 bridgehead atoms. The topological polar surface area (TPSA) is 85.7 Å². The van der Waals surface area contributed by atoms with Gasteiger partial charge in [-0.2, -0.15) is 0 Å². The molecule has 0 aliphatic heterocycles. The highest BCUT2D eigenvalue weighted by molar-refractivity contribution is 5.91. The minimum atomic E-state index is -1.23. The Kier molecular flexibility index (Phi) is 4.03. The molecule has 0 radical (unpaired) electrons. The zero-order valence-corrected chi connectivity index (χ0v) is 9.76. The monoisotopic (exact) mass is 239 g/mol. The lowest BCUT2D eigenvalue weighted by atomic mass is 10.2. The van der Waals surface area contributed by atoms with Gasteiger partial charge in [-0.15, -0.1) is 0 Å². The fourth-order valence-corrected chi connectivity index (χ4v) is 1.16. The van der Waals surface area contributed by atoms with E-state index in [1.165, 1.54) is 19.2 Å². The predicted octanol–water partition coefficient (Wildman–Crippen LogP) is 1.35. The second-order valence-electron chi connectivity index (χ2n) is 3.54. The van der Waals surface area contributed by atoms with Crippen molar-refractivity contribution in [3.63, 3.8) is 0 Å². The highest BCUT2D eigenvalue weighted by Crippen LogP contribution is 2.16. The molecule has 0 saturated carbocycles. The molecule has 0 unspecified atom stereocenters. The summed E-state index contributed by atoms with van der Waals surface area (Å²) in [5.74, 6) is -1.67. The molecule has 0 spiro atoms. The number of rotatable bonds is 4. The molecule has 92 valence electrons. The van der Waals surface area contributed by atoms with Gasteiger partial charge in [-0.3, -0.25) is 0 Å². The molecular formula is C11H13NO5. The molecule has 1 aromatic heterocycles. The number of pyridine rings is 1. The molecule has 1 heterocycles. The van der Waals surface area contributed by atoms with Crippen LogP contribution in [0.4, 0.5) is 0 Å². The first-order valence-electron chi connectivity index (χ1n) is 4.94. The normalized spacial score (nSPS) is 10.1. The SMILES string of the molecule is COC(=O)c1cc(OC(C)C)cc(C(=O)O)n1. The van der Waals surface area contributed by atoms with Crippen LogP contribution in [-0.4, -0.2) is 35.2 Å². The molecule has 0 amide bonds. The minimum Gasteiger partial charge on any atom is -0.491 e. The Balaban J connectivity index is 3.18. The second-order valence-corrected chi connectivity index (χ2v) is 3.54. The van der Waals surface area contributed by atoms with E-state index in [4.69, 9.17) is 9.84 Å². The lowest BCUT2D eigenvalue weighted by Crippen LogP contribution is -2.12. The number of esters is 1. The Bertz CT molecular complexity index is 441. The number of carboxylic acid groups (broad SMARTS) is 1. The van der Waals surface area contributed by atoms with E-state index in [-0.39, 0.29) is 23.2 Å². The Morgan fingerprint density at radius 1 is 1.29 bits per heavy atom. The molecule has 6 nitrogen and oxygen atoms in total. The average Bonchev–Trinajstić information content (AvgIpc) is 2.26. The first-order valence-corrected chi connectivity index (χ1v) is 4.94. The zero-order valence-electron chi connectivity index (χ0n) is 9.76. The fraction of sp³-hybridized carbons (Fsp3) is 0.364. The van der Waals surface area contributed by atoms with Crippen LogP contribution in [0.25, 0.3) is 0 Å². The van der Waals surface area contributed by atoms with E-state index in [1.807, 2.05) is 0 Å². The van der Waals surface area contributed by atoms with E-state index >= 15 is 0 Å². The van der Waals surface area contributed by atoms with Crippen molar-refractivity contribution in [2.45, 2.75) is 20.0 Å². The summed E-state index contributed by atoms with van der Waals surface area (Å²) < 4.78 is 9.81. The Labute approximate surface area is 98.2 Å². The molecule has 6 heteroatoms. The van der Waals surface area contributed by atoms with Crippen LogP contribution in [0.3, 0.4) is 0 Å². The van der Waals surface area contributed by atoms with Crippen molar-refractivity contribution < 1.29 is 24.2 Å². The van der Waals surface area contributed by atoms with Gasteiger partial charge in [0, 0.05) is 12.1 Å². The molecule has 0 fully saturated rings. The van der Waals surface area contributed by atoms with Crippen LogP contribution in [0.2, 0.25) is 0 Å². The summed E-state index contributed by atoms with van der Waals surface area (Å²) in [6.45, 7) is 3.58. The van der Waals surface area contributed by atoms with Crippen LogP contribution < -0.4 is 4.74 Å². The highest BCUT2D eigenvalue weighted by Gasteiger charge is 2.15. The number of aromatic carboxylic acids is 1. The molecule has 1 rings (SSSR count). The molecule has 17 heavy (non-hydrogen) atoms. The Morgan fingerprint density at radius 2 is 1.88 bits per heavy atom. The molecule has 1 aromatic rings. The van der Waals surface area contributed by atoms with E-state index in [0.29, 0.717) is 0 Å². The number of nitrogens with zero attached hydrogens (tertiary/aromatic N) is 1.